The number of H-pyrrole nitrogens is 1. The van der Waals surface area contributed by atoms with Gasteiger partial charge in [-0.3, -0.25) is 9.59 Å². The van der Waals surface area contributed by atoms with Crippen LogP contribution in [-0.2, 0) is 14.8 Å². The maximum absolute atomic E-state index is 12.1. The monoisotopic (exact) mass is 381 g/mol. The molecule has 6 N–H and O–H groups in total. The number of sulfonamides is 1. The third-order valence-corrected chi connectivity index (χ3v) is 4.67. The van der Waals surface area contributed by atoms with Crippen molar-refractivity contribution in [2.24, 2.45) is 16.9 Å². The van der Waals surface area contributed by atoms with Crippen LogP contribution in [0.3, 0.4) is 0 Å². The van der Waals surface area contributed by atoms with Crippen molar-refractivity contribution in [1.82, 2.24) is 14.6 Å². The number of primary amides is 1. The number of carbonyl (C=O) groups is 2. The average Bonchev–Trinajstić information content (AvgIpc) is 2.95. The minimum Gasteiger partial charge on any atom is -0.364 e. The lowest BCUT2D eigenvalue weighted by molar-refractivity contribution is -0.129. The van der Waals surface area contributed by atoms with E-state index in [1.165, 1.54) is 4.90 Å². The number of nitrogens with two attached hydrogens (primary N) is 2. The topological polar surface area (TPSA) is 151 Å². The molecule has 11 heteroatoms. The highest BCUT2D eigenvalue weighted by atomic mass is 35.5. The summed E-state index contributed by atoms with van der Waals surface area (Å²) in [7, 11) is -2.33. The van der Waals surface area contributed by atoms with Crippen LogP contribution in [0.15, 0.2) is 17.2 Å². The first-order chi connectivity index (χ1) is 10.5. The molecular weight excluding hydrogens is 358 g/mol. The van der Waals surface area contributed by atoms with E-state index in [2.05, 4.69) is 9.71 Å². The molecule has 9 nitrogen and oxygen atoms in total. The van der Waals surface area contributed by atoms with Gasteiger partial charge in [-0.1, -0.05) is 13.8 Å². The summed E-state index contributed by atoms with van der Waals surface area (Å²) in [5, 5.41) is 0. The summed E-state index contributed by atoms with van der Waals surface area (Å²) in [4.78, 5) is 26.7. The summed E-state index contributed by atoms with van der Waals surface area (Å²) in [5.41, 5.74) is 10.4. The molecule has 2 amide bonds. The van der Waals surface area contributed by atoms with Gasteiger partial charge in [-0.05, 0) is 18.0 Å². The number of halogens is 1. The molecule has 0 saturated carbocycles. The molecular formula is C13H24ClN5O4S. The van der Waals surface area contributed by atoms with Gasteiger partial charge in [-0.15, -0.1) is 12.4 Å². The standard InChI is InChI=1S/C13H23N5O4S.ClH/c1-13(2,7-14)8-18(3)11(19)6-17-23(21,22)9-4-10(12(15)20)16-5-9;/h4-5,16-17H,6-8,14H2,1-3H3,(H2,15,20);1H. The van der Waals surface area contributed by atoms with Crippen molar-refractivity contribution in [2.45, 2.75) is 18.7 Å². The molecule has 1 rings (SSSR count). The van der Waals surface area contributed by atoms with Gasteiger partial charge in [-0.2, -0.15) is 0 Å². The van der Waals surface area contributed by atoms with Crippen LogP contribution in [-0.4, -0.2) is 56.8 Å². The molecule has 0 aliphatic rings. The zero-order chi connectivity index (χ0) is 17.8. The Bertz CT molecular complexity index is 686. The number of carbonyl (C=O) groups excluding carboxylic acids is 2. The van der Waals surface area contributed by atoms with Crippen molar-refractivity contribution in [2.75, 3.05) is 26.7 Å². The predicted octanol–water partition coefficient (Wildman–Crippen LogP) is -0.743. The molecule has 0 aliphatic heterocycles. The second-order valence-corrected chi connectivity index (χ2v) is 7.82. The van der Waals surface area contributed by atoms with Gasteiger partial charge in [-0.25, -0.2) is 13.1 Å². The van der Waals surface area contributed by atoms with Crippen molar-refractivity contribution < 1.29 is 18.0 Å². The van der Waals surface area contributed by atoms with Gasteiger partial charge in [0.2, 0.25) is 15.9 Å². The van der Waals surface area contributed by atoms with E-state index >= 15 is 0 Å². The minimum atomic E-state index is -3.91. The Hall–Kier alpha value is -1.62. The summed E-state index contributed by atoms with van der Waals surface area (Å²) in [5.74, 6) is -1.16. The first-order valence-corrected chi connectivity index (χ1v) is 8.39. The van der Waals surface area contributed by atoms with E-state index in [1.807, 2.05) is 13.8 Å². The van der Waals surface area contributed by atoms with Crippen LogP contribution in [0.1, 0.15) is 24.3 Å². The molecule has 0 spiro atoms. The number of rotatable bonds is 8. The molecule has 0 aliphatic carbocycles. The molecule has 0 unspecified atom stereocenters. The van der Waals surface area contributed by atoms with Crippen LogP contribution in [0, 0.1) is 5.41 Å². The van der Waals surface area contributed by atoms with Crippen LogP contribution in [0.25, 0.3) is 0 Å². The fourth-order valence-corrected chi connectivity index (χ4v) is 2.81. The van der Waals surface area contributed by atoms with E-state index in [9.17, 15) is 18.0 Å². The van der Waals surface area contributed by atoms with Gasteiger partial charge in [0.15, 0.2) is 0 Å². The van der Waals surface area contributed by atoms with E-state index in [0.29, 0.717) is 13.1 Å². The summed E-state index contributed by atoms with van der Waals surface area (Å²) >= 11 is 0. The SMILES string of the molecule is CN(CC(C)(C)CN)C(=O)CNS(=O)(=O)c1c[nH]c(C(N)=O)c1.Cl. The van der Waals surface area contributed by atoms with E-state index in [1.54, 1.807) is 7.05 Å². The Morgan fingerprint density at radius 3 is 2.42 bits per heavy atom. The average molecular weight is 382 g/mol. The van der Waals surface area contributed by atoms with Gasteiger partial charge < -0.3 is 21.4 Å². The summed E-state index contributed by atoms with van der Waals surface area (Å²) in [6.07, 6.45) is 1.13. The highest BCUT2D eigenvalue weighted by Crippen LogP contribution is 2.14. The molecule has 0 aromatic carbocycles. The molecule has 0 saturated heterocycles. The van der Waals surface area contributed by atoms with Crippen molar-refractivity contribution >= 4 is 34.2 Å². The number of amides is 2. The Morgan fingerprint density at radius 1 is 1.38 bits per heavy atom. The van der Waals surface area contributed by atoms with Gasteiger partial charge in [0.1, 0.15) is 10.6 Å². The lowest BCUT2D eigenvalue weighted by Gasteiger charge is -2.29. The third-order valence-electron chi connectivity index (χ3n) is 3.29. The van der Waals surface area contributed by atoms with Crippen LogP contribution >= 0.6 is 12.4 Å². The van der Waals surface area contributed by atoms with E-state index in [-0.39, 0.29) is 34.3 Å². The van der Waals surface area contributed by atoms with Crippen LogP contribution in [0.4, 0.5) is 0 Å². The number of nitrogens with zero attached hydrogens (tertiary/aromatic N) is 1. The number of hydrogen-bond donors (Lipinski definition) is 4. The molecule has 1 aromatic heterocycles. The fraction of sp³-hybridized carbons (Fsp3) is 0.538. The number of likely N-dealkylation sites (N-methyl/N-ethyl adjacent to an activating group) is 1. The predicted molar refractivity (Wildman–Crippen MR) is 92.2 cm³/mol. The van der Waals surface area contributed by atoms with Crippen LogP contribution in [0.5, 0.6) is 0 Å². The number of aromatic nitrogens is 1. The highest BCUT2D eigenvalue weighted by molar-refractivity contribution is 7.89. The largest absolute Gasteiger partial charge is 0.364 e. The molecule has 0 fully saturated rings. The molecule has 24 heavy (non-hydrogen) atoms. The number of hydrogen-bond acceptors (Lipinski definition) is 5. The van der Waals surface area contributed by atoms with Crippen molar-refractivity contribution in [3.63, 3.8) is 0 Å². The zero-order valence-electron chi connectivity index (χ0n) is 13.8. The van der Waals surface area contributed by atoms with Crippen LogP contribution < -0.4 is 16.2 Å². The normalized spacial score (nSPS) is 11.7. The number of nitrogens with one attached hydrogen (secondary N) is 2. The molecule has 0 bridgehead atoms. The maximum Gasteiger partial charge on any atom is 0.265 e. The smallest absolute Gasteiger partial charge is 0.265 e. The summed E-state index contributed by atoms with van der Waals surface area (Å²) < 4.78 is 26.3. The molecule has 0 atom stereocenters. The lowest BCUT2D eigenvalue weighted by Crippen LogP contribution is -2.44. The second-order valence-electron chi connectivity index (χ2n) is 6.06. The Morgan fingerprint density at radius 2 is 1.96 bits per heavy atom. The van der Waals surface area contributed by atoms with Gasteiger partial charge in [0.05, 0.1) is 6.54 Å². The fourth-order valence-electron chi connectivity index (χ4n) is 1.84. The third kappa shape index (κ3) is 6.11. The second kappa shape index (κ2) is 8.47. The zero-order valence-corrected chi connectivity index (χ0v) is 15.5. The van der Waals surface area contributed by atoms with Crippen molar-refractivity contribution in [3.8, 4) is 0 Å². The van der Waals surface area contributed by atoms with E-state index in [4.69, 9.17) is 11.5 Å². The quantitative estimate of drug-likeness (QED) is 0.467. The molecule has 1 heterocycles. The van der Waals surface area contributed by atoms with Crippen molar-refractivity contribution in [1.29, 1.82) is 0 Å². The van der Waals surface area contributed by atoms with E-state index < -0.39 is 22.5 Å². The highest BCUT2D eigenvalue weighted by Gasteiger charge is 2.23. The first kappa shape index (κ1) is 22.4. The summed E-state index contributed by atoms with van der Waals surface area (Å²) in [6.45, 7) is 4.23. The molecule has 138 valence electrons. The van der Waals surface area contributed by atoms with Gasteiger partial charge in [0, 0.05) is 19.8 Å². The Kier molecular flexibility index (Phi) is 7.90. The van der Waals surface area contributed by atoms with Gasteiger partial charge >= 0.3 is 0 Å². The first-order valence-electron chi connectivity index (χ1n) is 6.90. The molecule has 0 radical (unpaired) electrons. The Balaban J connectivity index is 0.00000529. The van der Waals surface area contributed by atoms with Crippen molar-refractivity contribution in [3.05, 3.63) is 18.0 Å². The summed E-state index contributed by atoms with van der Waals surface area (Å²) in [6, 6.07) is 1.11. The Labute approximate surface area is 147 Å². The number of aromatic amines is 1. The molecule has 1 aromatic rings. The maximum atomic E-state index is 12.1. The van der Waals surface area contributed by atoms with Gasteiger partial charge in [0.25, 0.3) is 5.91 Å². The lowest BCUT2D eigenvalue weighted by atomic mass is 9.93. The van der Waals surface area contributed by atoms with Crippen LogP contribution in [0.2, 0.25) is 0 Å². The van der Waals surface area contributed by atoms with E-state index in [0.717, 1.165) is 12.3 Å². The minimum absolute atomic E-state index is 0.